The minimum absolute atomic E-state index is 0.105. The van der Waals surface area contributed by atoms with E-state index in [0.717, 1.165) is 23.5 Å². The van der Waals surface area contributed by atoms with Crippen molar-refractivity contribution in [3.63, 3.8) is 0 Å². The van der Waals surface area contributed by atoms with Gasteiger partial charge in [0.2, 0.25) is 0 Å². The normalized spacial score (nSPS) is 10.1. The maximum Gasteiger partial charge on any atom is 0.159 e. The third-order valence-corrected chi connectivity index (χ3v) is 2.75. The van der Waals surface area contributed by atoms with E-state index in [-0.39, 0.29) is 5.78 Å². The van der Waals surface area contributed by atoms with Crippen molar-refractivity contribution in [1.82, 2.24) is 0 Å². The van der Waals surface area contributed by atoms with E-state index >= 15 is 0 Å². The standard InChI is InChI=1S/C13H20N2O/c1-6-15(5)12-8-7-11(10(2)16)9-13(12)14(3)4/h7-9H,6H2,1-5H3. The summed E-state index contributed by atoms with van der Waals surface area (Å²) >= 11 is 0. The Morgan fingerprint density at radius 1 is 1.19 bits per heavy atom. The molecule has 0 aliphatic heterocycles. The van der Waals surface area contributed by atoms with E-state index in [9.17, 15) is 4.79 Å². The second kappa shape index (κ2) is 5.01. The first kappa shape index (κ1) is 12.6. The van der Waals surface area contributed by atoms with Crippen LogP contribution in [0, 0.1) is 0 Å². The van der Waals surface area contributed by atoms with Gasteiger partial charge in [-0.05, 0) is 32.0 Å². The van der Waals surface area contributed by atoms with Crippen molar-refractivity contribution >= 4 is 17.2 Å². The van der Waals surface area contributed by atoms with Gasteiger partial charge in [-0.1, -0.05) is 0 Å². The molecule has 3 heteroatoms. The van der Waals surface area contributed by atoms with Crippen molar-refractivity contribution in [2.75, 3.05) is 37.5 Å². The molecule has 0 unspecified atom stereocenters. The maximum absolute atomic E-state index is 11.3. The lowest BCUT2D eigenvalue weighted by molar-refractivity contribution is 0.101. The lowest BCUT2D eigenvalue weighted by Gasteiger charge is -2.25. The quantitative estimate of drug-likeness (QED) is 0.728. The molecule has 16 heavy (non-hydrogen) atoms. The van der Waals surface area contributed by atoms with Crippen LogP contribution in [0.2, 0.25) is 0 Å². The van der Waals surface area contributed by atoms with Crippen LogP contribution in [0.1, 0.15) is 24.2 Å². The number of hydrogen-bond acceptors (Lipinski definition) is 3. The van der Waals surface area contributed by atoms with E-state index in [4.69, 9.17) is 0 Å². The van der Waals surface area contributed by atoms with E-state index in [0.29, 0.717) is 0 Å². The van der Waals surface area contributed by atoms with Gasteiger partial charge in [-0.25, -0.2) is 0 Å². The molecule has 1 aromatic rings. The van der Waals surface area contributed by atoms with Crippen molar-refractivity contribution in [1.29, 1.82) is 0 Å². The molecule has 0 fully saturated rings. The SMILES string of the molecule is CCN(C)c1ccc(C(C)=O)cc1N(C)C. The predicted molar refractivity (Wildman–Crippen MR) is 69.7 cm³/mol. The van der Waals surface area contributed by atoms with Gasteiger partial charge in [0.25, 0.3) is 0 Å². The highest BCUT2D eigenvalue weighted by Gasteiger charge is 2.10. The van der Waals surface area contributed by atoms with Crippen LogP contribution in [0.15, 0.2) is 18.2 Å². The van der Waals surface area contributed by atoms with Gasteiger partial charge < -0.3 is 9.80 Å². The molecule has 0 amide bonds. The molecule has 0 radical (unpaired) electrons. The van der Waals surface area contributed by atoms with Crippen LogP contribution in [0.5, 0.6) is 0 Å². The topological polar surface area (TPSA) is 23.6 Å². The highest BCUT2D eigenvalue weighted by Crippen LogP contribution is 2.28. The maximum atomic E-state index is 11.3. The third-order valence-electron chi connectivity index (χ3n) is 2.75. The first-order valence-corrected chi connectivity index (χ1v) is 5.50. The molecule has 0 spiro atoms. The smallest absolute Gasteiger partial charge is 0.159 e. The fourth-order valence-electron chi connectivity index (χ4n) is 1.59. The summed E-state index contributed by atoms with van der Waals surface area (Å²) in [4.78, 5) is 15.5. The average molecular weight is 220 g/mol. The third kappa shape index (κ3) is 2.54. The van der Waals surface area contributed by atoms with E-state index < -0.39 is 0 Å². The van der Waals surface area contributed by atoms with Gasteiger partial charge in [-0.15, -0.1) is 0 Å². The molecule has 0 aliphatic rings. The van der Waals surface area contributed by atoms with Gasteiger partial charge in [0.1, 0.15) is 0 Å². The van der Waals surface area contributed by atoms with Gasteiger partial charge in [0.05, 0.1) is 11.4 Å². The highest BCUT2D eigenvalue weighted by atomic mass is 16.1. The molecular formula is C13H20N2O. The Balaban J connectivity index is 3.24. The number of carbonyl (C=O) groups is 1. The van der Waals surface area contributed by atoms with Gasteiger partial charge in [-0.3, -0.25) is 4.79 Å². The van der Waals surface area contributed by atoms with Crippen molar-refractivity contribution in [2.45, 2.75) is 13.8 Å². The molecule has 0 aliphatic carbocycles. The van der Waals surface area contributed by atoms with Gasteiger partial charge in [-0.2, -0.15) is 0 Å². The largest absolute Gasteiger partial charge is 0.376 e. The van der Waals surface area contributed by atoms with Gasteiger partial charge >= 0.3 is 0 Å². The summed E-state index contributed by atoms with van der Waals surface area (Å²) in [6.07, 6.45) is 0. The second-order valence-corrected chi connectivity index (χ2v) is 4.17. The number of ketones is 1. The van der Waals surface area contributed by atoms with E-state index in [1.807, 2.05) is 37.2 Å². The Hall–Kier alpha value is -1.51. The molecule has 0 aromatic heterocycles. The first-order valence-electron chi connectivity index (χ1n) is 5.50. The Bertz CT molecular complexity index is 386. The second-order valence-electron chi connectivity index (χ2n) is 4.17. The molecule has 0 heterocycles. The first-order chi connectivity index (χ1) is 7.47. The van der Waals surface area contributed by atoms with E-state index in [1.165, 1.54) is 0 Å². The van der Waals surface area contributed by atoms with E-state index in [2.05, 4.69) is 18.9 Å². The van der Waals surface area contributed by atoms with Crippen molar-refractivity contribution in [2.24, 2.45) is 0 Å². The number of anilines is 2. The minimum Gasteiger partial charge on any atom is -0.376 e. The van der Waals surface area contributed by atoms with Crippen LogP contribution < -0.4 is 9.80 Å². The molecule has 1 aromatic carbocycles. The summed E-state index contributed by atoms with van der Waals surface area (Å²) in [5.74, 6) is 0.105. The zero-order valence-corrected chi connectivity index (χ0v) is 10.7. The molecule has 0 atom stereocenters. The van der Waals surface area contributed by atoms with Crippen LogP contribution in [-0.2, 0) is 0 Å². The Morgan fingerprint density at radius 2 is 1.81 bits per heavy atom. The monoisotopic (exact) mass is 220 g/mol. The zero-order chi connectivity index (χ0) is 12.3. The molecule has 88 valence electrons. The van der Waals surface area contributed by atoms with Crippen LogP contribution in [0.4, 0.5) is 11.4 Å². The van der Waals surface area contributed by atoms with Crippen LogP contribution in [0.25, 0.3) is 0 Å². The average Bonchev–Trinajstić information content (AvgIpc) is 2.26. The highest BCUT2D eigenvalue weighted by molar-refractivity contribution is 5.96. The van der Waals surface area contributed by atoms with Gasteiger partial charge in [0.15, 0.2) is 5.78 Å². The lowest BCUT2D eigenvalue weighted by Crippen LogP contribution is -2.20. The van der Waals surface area contributed by atoms with Crippen LogP contribution in [-0.4, -0.2) is 33.5 Å². The molecule has 0 N–H and O–H groups in total. The zero-order valence-electron chi connectivity index (χ0n) is 10.7. The summed E-state index contributed by atoms with van der Waals surface area (Å²) < 4.78 is 0. The number of hydrogen-bond donors (Lipinski definition) is 0. The number of nitrogens with zero attached hydrogens (tertiary/aromatic N) is 2. The number of Topliss-reactive ketones (excluding diaryl/α,β-unsaturated/α-hetero) is 1. The summed E-state index contributed by atoms with van der Waals surface area (Å²) in [5.41, 5.74) is 2.99. The van der Waals surface area contributed by atoms with Crippen molar-refractivity contribution < 1.29 is 4.79 Å². The van der Waals surface area contributed by atoms with Gasteiger partial charge in [0, 0.05) is 33.3 Å². The number of carbonyl (C=O) groups excluding carboxylic acids is 1. The van der Waals surface area contributed by atoms with E-state index in [1.54, 1.807) is 6.92 Å². The molecular weight excluding hydrogens is 200 g/mol. The summed E-state index contributed by atoms with van der Waals surface area (Å²) in [7, 11) is 6.04. The fourth-order valence-corrected chi connectivity index (χ4v) is 1.59. The Morgan fingerprint density at radius 3 is 2.25 bits per heavy atom. The number of rotatable bonds is 4. The predicted octanol–water partition coefficient (Wildman–Crippen LogP) is 2.41. The molecule has 0 saturated carbocycles. The van der Waals surface area contributed by atoms with Crippen molar-refractivity contribution in [3.05, 3.63) is 23.8 Å². The Labute approximate surface area is 97.7 Å². The number of benzene rings is 1. The van der Waals surface area contributed by atoms with Crippen LogP contribution >= 0.6 is 0 Å². The Kier molecular flexibility index (Phi) is 3.93. The van der Waals surface area contributed by atoms with Crippen molar-refractivity contribution in [3.8, 4) is 0 Å². The van der Waals surface area contributed by atoms with Crippen LogP contribution in [0.3, 0.4) is 0 Å². The summed E-state index contributed by atoms with van der Waals surface area (Å²) in [6.45, 7) is 4.65. The minimum atomic E-state index is 0.105. The molecule has 3 nitrogen and oxygen atoms in total. The molecule has 1 rings (SSSR count). The summed E-state index contributed by atoms with van der Waals surface area (Å²) in [6, 6.07) is 5.84. The lowest BCUT2D eigenvalue weighted by atomic mass is 10.1. The molecule has 0 saturated heterocycles. The fraction of sp³-hybridized carbons (Fsp3) is 0.462. The summed E-state index contributed by atoms with van der Waals surface area (Å²) in [5, 5.41) is 0. The molecule has 0 bridgehead atoms.